The monoisotopic (exact) mass is 215 g/mol. The van der Waals surface area contributed by atoms with Gasteiger partial charge >= 0.3 is 0 Å². The molecule has 0 aromatic heterocycles. The molecule has 1 aliphatic heterocycles. The SMILES string of the molecule is COC(CN1C(=O)CC(C)CC1=O)OC. The minimum absolute atomic E-state index is 0.141. The number of methoxy groups -OCH3 is 2. The molecular weight excluding hydrogens is 198 g/mol. The maximum atomic E-state index is 11.6. The second-order valence-corrected chi connectivity index (χ2v) is 3.81. The van der Waals surface area contributed by atoms with Gasteiger partial charge in [-0.1, -0.05) is 6.92 Å². The summed E-state index contributed by atoms with van der Waals surface area (Å²) in [5.41, 5.74) is 0. The first-order chi connectivity index (χ1) is 7.08. The number of carbonyl (C=O) groups is 2. The van der Waals surface area contributed by atoms with Crippen molar-refractivity contribution in [3.63, 3.8) is 0 Å². The highest BCUT2D eigenvalue weighted by Gasteiger charge is 2.31. The van der Waals surface area contributed by atoms with Crippen LogP contribution in [0.1, 0.15) is 19.8 Å². The van der Waals surface area contributed by atoms with Crippen molar-refractivity contribution in [2.24, 2.45) is 5.92 Å². The molecule has 5 heteroatoms. The van der Waals surface area contributed by atoms with Crippen LogP contribution in [0.3, 0.4) is 0 Å². The van der Waals surface area contributed by atoms with Crippen molar-refractivity contribution in [2.75, 3.05) is 20.8 Å². The lowest BCUT2D eigenvalue weighted by molar-refractivity contribution is -0.162. The van der Waals surface area contributed by atoms with Gasteiger partial charge in [-0.3, -0.25) is 14.5 Å². The highest BCUT2D eigenvalue weighted by molar-refractivity contribution is 5.97. The van der Waals surface area contributed by atoms with Gasteiger partial charge in [-0.2, -0.15) is 0 Å². The van der Waals surface area contributed by atoms with E-state index in [4.69, 9.17) is 9.47 Å². The van der Waals surface area contributed by atoms with Crippen LogP contribution in [0.15, 0.2) is 0 Å². The Morgan fingerprint density at radius 2 is 1.73 bits per heavy atom. The third-order valence-corrected chi connectivity index (χ3v) is 2.51. The lowest BCUT2D eigenvalue weighted by atomic mass is 9.98. The summed E-state index contributed by atoms with van der Waals surface area (Å²) in [6, 6.07) is 0. The maximum absolute atomic E-state index is 11.6. The molecular formula is C10H17NO4. The van der Waals surface area contributed by atoms with Gasteiger partial charge in [0.05, 0.1) is 6.54 Å². The van der Waals surface area contributed by atoms with Crippen molar-refractivity contribution in [3.8, 4) is 0 Å². The van der Waals surface area contributed by atoms with Gasteiger partial charge in [0.15, 0.2) is 6.29 Å². The molecule has 1 aliphatic rings. The molecule has 2 amide bonds. The van der Waals surface area contributed by atoms with Crippen LogP contribution >= 0.6 is 0 Å². The fourth-order valence-electron chi connectivity index (χ4n) is 1.63. The van der Waals surface area contributed by atoms with Gasteiger partial charge in [0.2, 0.25) is 11.8 Å². The molecule has 15 heavy (non-hydrogen) atoms. The molecule has 0 aromatic carbocycles. The van der Waals surface area contributed by atoms with Crippen molar-refractivity contribution >= 4 is 11.8 Å². The van der Waals surface area contributed by atoms with E-state index in [0.717, 1.165) is 0 Å². The molecule has 1 saturated heterocycles. The largest absolute Gasteiger partial charge is 0.354 e. The summed E-state index contributed by atoms with van der Waals surface area (Å²) in [5, 5.41) is 0. The molecule has 0 saturated carbocycles. The van der Waals surface area contributed by atoms with Crippen molar-refractivity contribution < 1.29 is 19.1 Å². The quantitative estimate of drug-likeness (QED) is 0.503. The summed E-state index contributed by atoms with van der Waals surface area (Å²) in [6.45, 7) is 2.08. The molecule has 0 aromatic rings. The number of likely N-dealkylation sites (tertiary alicyclic amines) is 1. The number of rotatable bonds is 4. The standard InChI is InChI=1S/C10H17NO4/c1-7-4-8(12)11(9(13)5-7)6-10(14-2)15-3/h7,10H,4-6H2,1-3H3. The Hall–Kier alpha value is -0.940. The first kappa shape index (κ1) is 12.1. The summed E-state index contributed by atoms with van der Waals surface area (Å²) in [5.74, 6) is -0.138. The molecule has 1 rings (SSSR count). The molecule has 0 N–H and O–H groups in total. The van der Waals surface area contributed by atoms with Crippen LogP contribution in [-0.2, 0) is 19.1 Å². The van der Waals surface area contributed by atoms with E-state index in [-0.39, 0.29) is 24.3 Å². The first-order valence-electron chi connectivity index (χ1n) is 4.97. The highest BCUT2D eigenvalue weighted by Crippen LogP contribution is 2.19. The number of nitrogens with zero attached hydrogens (tertiary/aromatic N) is 1. The van der Waals surface area contributed by atoms with Gasteiger partial charge in [0.1, 0.15) is 0 Å². The van der Waals surface area contributed by atoms with Crippen LogP contribution in [0.2, 0.25) is 0 Å². The van der Waals surface area contributed by atoms with E-state index >= 15 is 0 Å². The molecule has 1 heterocycles. The van der Waals surface area contributed by atoms with Crippen LogP contribution in [0.4, 0.5) is 0 Å². The Kier molecular flexibility index (Phi) is 4.23. The summed E-state index contributed by atoms with van der Waals surface area (Å²) < 4.78 is 9.91. The zero-order valence-corrected chi connectivity index (χ0v) is 9.36. The van der Waals surface area contributed by atoms with Gasteiger partial charge in [-0.15, -0.1) is 0 Å². The zero-order chi connectivity index (χ0) is 11.4. The zero-order valence-electron chi connectivity index (χ0n) is 9.36. The summed E-state index contributed by atoms with van der Waals surface area (Å²) in [4.78, 5) is 24.4. The van der Waals surface area contributed by atoms with E-state index in [1.807, 2.05) is 6.92 Å². The van der Waals surface area contributed by atoms with Crippen molar-refractivity contribution in [3.05, 3.63) is 0 Å². The van der Waals surface area contributed by atoms with E-state index in [2.05, 4.69) is 0 Å². The van der Waals surface area contributed by atoms with Crippen molar-refractivity contribution in [1.82, 2.24) is 4.90 Å². The summed E-state index contributed by atoms with van der Waals surface area (Å²) in [6.07, 6.45) is 0.309. The Morgan fingerprint density at radius 3 is 2.13 bits per heavy atom. The second kappa shape index (κ2) is 5.23. The Bertz CT molecular complexity index is 232. The van der Waals surface area contributed by atoms with Gasteiger partial charge < -0.3 is 9.47 Å². The van der Waals surface area contributed by atoms with Crippen LogP contribution in [0.5, 0.6) is 0 Å². The predicted octanol–water partition coefficient (Wildman–Crippen LogP) is 0.390. The Labute approximate surface area is 89.3 Å². The lowest BCUT2D eigenvalue weighted by Gasteiger charge is -2.30. The van der Waals surface area contributed by atoms with E-state index in [1.165, 1.54) is 19.1 Å². The highest BCUT2D eigenvalue weighted by atomic mass is 16.7. The molecule has 0 unspecified atom stereocenters. The molecule has 86 valence electrons. The van der Waals surface area contributed by atoms with Gasteiger partial charge in [0.25, 0.3) is 0 Å². The fraction of sp³-hybridized carbons (Fsp3) is 0.800. The molecule has 0 radical (unpaired) electrons. The second-order valence-electron chi connectivity index (χ2n) is 3.81. The molecule has 1 fully saturated rings. The van der Waals surface area contributed by atoms with Gasteiger partial charge in [0, 0.05) is 27.1 Å². The maximum Gasteiger partial charge on any atom is 0.229 e. The average Bonchev–Trinajstić information content (AvgIpc) is 2.17. The molecule has 5 nitrogen and oxygen atoms in total. The van der Waals surface area contributed by atoms with E-state index in [9.17, 15) is 9.59 Å². The number of carbonyl (C=O) groups excluding carboxylic acids is 2. The Morgan fingerprint density at radius 1 is 1.27 bits per heavy atom. The number of hydrogen-bond acceptors (Lipinski definition) is 4. The average molecular weight is 215 g/mol. The lowest BCUT2D eigenvalue weighted by Crippen LogP contribution is -2.47. The number of imide groups is 1. The first-order valence-corrected chi connectivity index (χ1v) is 4.97. The Balaban J connectivity index is 2.60. The third kappa shape index (κ3) is 3.00. The van der Waals surface area contributed by atoms with Gasteiger partial charge in [-0.05, 0) is 5.92 Å². The minimum atomic E-state index is -0.536. The number of hydrogen-bond donors (Lipinski definition) is 0. The van der Waals surface area contributed by atoms with E-state index in [1.54, 1.807) is 0 Å². The van der Waals surface area contributed by atoms with Crippen LogP contribution < -0.4 is 0 Å². The third-order valence-electron chi connectivity index (χ3n) is 2.51. The molecule has 0 aliphatic carbocycles. The normalized spacial score (nSPS) is 19.1. The van der Waals surface area contributed by atoms with Crippen LogP contribution in [0, 0.1) is 5.92 Å². The molecule has 0 spiro atoms. The summed E-state index contributed by atoms with van der Waals surface area (Å²) in [7, 11) is 2.96. The van der Waals surface area contributed by atoms with Gasteiger partial charge in [-0.25, -0.2) is 0 Å². The number of amides is 2. The number of piperidine rings is 1. The topological polar surface area (TPSA) is 55.8 Å². The van der Waals surface area contributed by atoms with Crippen LogP contribution in [0.25, 0.3) is 0 Å². The van der Waals surface area contributed by atoms with E-state index in [0.29, 0.717) is 12.8 Å². The number of ether oxygens (including phenoxy) is 2. The van der Waals surface area contributed by atoms with Crippen molar-refractivity contribution in [2.45, 2.75) is 26.1 Å². The smallest absolute Gasteiger partial charge is 0.229 e. The fourth-order valence-corrected chi connectivity index (χ4v) is 1.63. The minimum Gasteiger partial charge on any atom is -0.354 e. The predicted molar refractivity (Wildman–Crippen MR) is 52.9 cm³/mol. The molecule has 0 bridgehead atoms. The molecule has 0 atom stereocenters. The van der Waals surface area contributed by atoms with Crippen LogP contribution in [-0.4, -0.2) is 43.8 Å². The van der Waals surface area contributed by atoms with Crippen molar-refractivity contribution in [1.29, 1.82) is 0 Å². The summed E-state index contributed by atoms with van der Waals surface area (Å²) >= 11 is 0. The van der Waals surface area contributed by atoms with E-state index < -0.39 is 6.29 Å².